The van der Waals surface area contributed by atoms with E-state index in [0.717, 1.165) is 62.0 Å². The predicted molar refractivity (Wildman–Crippen MR) is 249 cm³/mol. The number of halogens is 6. The Morgan fingerprint density at radius 2 is 0.851 bits per heavy atom. The van der Waals surface area contributed by atoms with Crippen LogP contribution in [0.3, 0.4) is 0 Å². The number of nitrogens with zero attached hydrogens (tertiary/aromatic N) is 4. The van der Waals surface area contributed by atoms with E-state index in [4.69, 9.17) is 0 Å². The van der Waals surface area contributed by atoms with Crippen molar-refractivity contribution in [2.45, 2.75) is 17.8 Å². The van der Waals surface area contributed by atoms with Crippen molar-refractivity contribution in [3.63, 3.8) is 0 Å². The summed E-state index contributed by atoms with van der Waals surface area (Å²) in [5, 5.41) is 21.4. The normalized spacial score (nSPS) is 13.0. The number of alkyl halides is 6. The molecule has 0 heterocycles. The molecule has 4 nitrogen and oxygen atoms in total. The van der Waals surface area contributed by atoms with Crippen molar-refractivity contribution < 1.29 is 26.3 Å². The number of para-hydroxylation sites is 2. The first-order chi connectivity index (χ1) is 32.4. The summed E-state index contributed by atoms with van der Waals surface area (Å²) in [6, 6.07) is 58.9. The average molecular weight is 887 g/mol. The highest BCUT2D eigenvalue weighted by atomic mass is 19.4. The molecule has 1 spiro atoms. The summed E-state index contributed by atoms with van der Waals surface area (Å²) in [5.41, 5.74) is 5.53. The first-order valence-electron chi connectivity index (χ1n) is 21.3. The van der Waals surface area contributed by atoms with Gasteiger partial charge < -0.3 is 9.80 Å². The molecule has 0 atom stereocenters. The molecule has 0 bridgehead atoms. The lowest BCUT2D eigenvalue weighted by Crippen LogP contribution is -2.27. The molecule has 0 radical (unpaired) electrons. The van der Waals surface area contributed by atoms with Crippen LogP contribution in [-0.2, 0) is 17.8 Å². The van der Waals surface area contributed by atoms with Crippen molar-refractivity contribution in [1.82, 2.24) is 0 Å². The zero-order valence-corrected chi connectivity index (χ0v) is 35.0. The van der Waals surface area contributed by atoms with E-state index < -0.39 is 28.9 Å². The highest BCUT2D eigenvalue weighted by molar-refractivity contribution is 6.12. The van der Waals surface area contributed by atoms with Gasteiger partial charge in [0, 0.05) is 22.4 Å². The van der Waals surface area contributed by atoms with Crippen LogP contribution < -0.4 is 9.80 Å². The minimum atomic E-state index is -4.76. The Bertz CT molecular complexity index is 3530. The van der Waals surface area contributed by atoms with E-state index in [-0.39, 0.29) is 22.5 Å². The van der Waals surface area contributed by atoms with Gasteiger partial charge in [-0.05, 0) is 129 Å². The maximum Gasteiger partial charge on any atom is 0.418 e. The monoisotopic (exact) mass is 886 g/mol. The van der Waals surface area contributed by atoms with Gasteiger partial charge in [0.05, 0.1) is 56.9 Å². The third kappa shape index (κ3) is 6.29. The van der Waals surface area contributed by atoms with E-state index in [1.807, 2.05) is 91.0 Å². The Morgan fingerprint density at radius 1 is 0.373 bits per heavy atom. The molecule has 9 aromatic carbocycles. The molecule has 2 aliphatic rings. The number of rotatable bonds is 6. The summed E-state index contributed by atoms with van der Waals surface area (Å²) < 4.78 is 90.6. The summed E-state index contributed by atoms with van der Waals surface area (Å²) >= 11 is 0. The highest BCUT2D eigenvalue weighted by Gasteiger charge is 2.53. The second kappa shape index (κ2) is 15.3. The molecular weight excluding hydrogens is 855 g/mol. The Labute approximate surface area is 381 Å². The van der Waals surface area contributed by atoms with Crippen LogP contribution in [0.5, 0.6) is 0 Å². The third-order valence-corrected chi connectivity index (χ3v) is 12.9. The van der Waals surface area contributed by atoms with Crippen molar-refractivity contribution >= 4 is 44.9 Å². The molecule has 0 amide bonds. The van der Waals surface area contributed by atoms with E-state index in [1.54, 1.807) is 71.6 Å². The van der Waals surface area contributed by atoms with E-state index in [2.05, 4.69) is 12.1 Å². The van der Waals surface area contributed by atoms with Crippen LogP contribution in [0.4, 0.5) is 60.5 Å². The summed E-state index contributed by atoms with van der Waals surface area (Å²) in [6.07, 6.45) is -9.49. The molecule has 0 saturated heterocycles. The molecule has 0 N–H and O–H groups in total. The van der Waals surface area contributed by atoms with Crippen molar-refractivity contribution in [3.8, 4) is 34.4 Å². The van der Waals surface area contributed by atoms with Crippen LogP contribution in [0, 0.1) is 22.7 Å². The Kier molecular flexibility index (Phi) is 9.36. The first kappa shape index (κ1) is 41.1. The second-order valence-electron chi connectivity index (χ2n) is 16.5. The van der Waals surface area contributed by atoms with Gasteiger partial charge in [0.25, 0.3) is 0 Å². The van der Waals surface area contributed by atoms with Gasteiger partial charge in [-0.15, -0.1) is 0 Å². The molecular formula is C57H32F6N4. The topological polar surface area (TPSA) is 54.1 Å². The number of anilines is 6. The first-order valence-corrected chi connectivity index (χ1v) is 21.3. The van der Waals surface area contributed by atoms with Gasteiger partial charge in [0.1, 0.15) is 0 Å². The molecule has 2 aliphatic carbocycles. The standard InChI is InChI=1S/C57H32F6N4/c58-56(59,60)47-23-7-9-25-51(47)66(37-15-11-13-35(29-37)33-64)39-27-28-44-49(31-39)55(45-21-5-3-17-40(45)41-18-4-6-22-46(41)55)50-32-53(42-19-1-2-20-43(42)54(44)50)67(38-16-12-14-36(30-38)34-65)52-26-10-8-24-48(52)57(61,62)63/h1-32H. The number of nitriles is 2. The van der Waals surface area contributed by atoms with Crippen LogP contribution in [0.2, 0.25) is 0 Å². The van der Waals surface area contributed by atoms with E-state index in [0.29, 0.717) is 28.1 Å². The SMILES string of the molecule is N#Cc1cccc(N(c2ccc3c(c2)C2(c4ccccc4-c4ccccc42)c2cc(N(c4cccc(C#N)c4)c4ccccc4C(F)(F)F)c4ccccc4c2-3)c2ccccc2C(F)(F)F)c1. The minimum absolute atomic E-state index is 0.145. The number of hydrogen-bond donors (Lipinski definition) is 0. The third-order valence-electron chi connectivity index (χ3n) is 12.9. The molecule has 67 heavy (non-hydrogen) atoms. The van der Waals surface area contributed by atoms with Gasteiger partial charge in [-0.2, -0.15) is 36.9 Å². The fourth-order valence-electron chi connectivity index (χ4n) is 10.4. The van der Waals surface area contributed by atoms with Crippen LogP contribution in [0.1, 0.15) is 44.5 Å². The number of hydrogen-bond acceptors (Lipinski definition) is 4. The molecule has 0 saturated carbocycles. The van der Waals surface area contributed by atoms with Crippen molar-refractivity contribution in [2.24, 2.45) is 0 Å². The summed E-state index contributed by atoms with van der Waals surface area (Å²) in [7, 11) is 0. The summed E-state index contributed by atoms with van der Waals surface area (Å²) in [4.78, 5) is 3.09. The Balaban J connectivity index is 1.28. The fraction of sp³-hybridized carbons (Fsp3) is 0.0526. The minimum Gasteiger partial charge on any atom is -0.310 e. The van der Waals surface area contributed by atoms with Crippen LogP contribution >= 0.6 is 0 Å². The van der Waals surface area contributed by atoms with E-state index in [9.17, 15) is 10.5 Å². The van der Waals surface area contributed by atoms with Crippen molar-refractivity contribution in [1.29, 1.82) is 10.5 Å². The maximum atomic E-state index is 15.2. The number of fused-ring (bicyclic) bond motifs is 12. The number of benzene rings is 9. The van der Waals surface area contributed by atoms with Gasteiger partial charge in [-0.25, -0.2) is 0 Å². The Morgan fingerprint density at radius 3 is 1.42 bits per heavy atom. The molecule has 322 valence electrons. The lowest BCUT2D eigenvalue weighted by atomic mass is 9.70. The fourth-order valence-corrected chi connectivity index (χ4v) is 10.4. The predicted octanol–water partition coefficient (Wildman–Crippen LogP) is 15.9. The van der Waals surface area contributed by atoms with Gasteiger partial charge >= 0.3 is 12.4 Å². The zero-order chi connectivity index (χ0) is 46.2. The summed E-state index contributed by atoms with van der Waals surface area (Å²) in [5.74, 6) is 0. The van der Waals surface area contributed by atoms with Gasteiger partial charge in [0.15, 0.2) is 0 Å². The van der Waals surface area contributed by atoms with Crippen LogP contribution in [-0.4, -0.2) is 0 Å². The van der Waals surface area contributed by atoms with Crippen molar-refractivity contribution in [2.75, 3.05) is 9.80 Å². The average Bonchev–Trinajstić information content (AvgIpc) is 3.81. The maximum absolute atomic E-state index is 15.2. The lowest BCUT2D eigenvalue weighted by Gasteiger charge is -2.34. The molecule has 10 heteroatoms. The molecule has 0 aliphatic heterocycles. The van der Waals surface area contributed by atoms with E-state index in [1.165, 1.54) is 29.2 Å². The van der Waals surface area contributed by atoms with Gasteiger partial charge in [0.2, 0.25) is 0 Å². The molecule has 0 unspecified atom stereocenters. The molecule has 9 aromatic rings. The molecule has 11 rings (SSSR count). The zero-order valence-electron chi connectivity index (χ0n) is 35.0. The van der Waals surface area contributed by atoms with Crippen molar-refractivity contribution in [3.05, 3.63) is 239 Å². The largest absolute Gasteiger partial charge is 0.418 e. The summed E-state index contributed by atoms with van der Waals surface area (Å²) in [6.45, 7) is 0. The Hall–Kier alpha value is -8.60. The van der Waals surface area contributed by atoms with Gasteiger partial charge in [-0.3, -0.25) is 0 Å². The molecule has 0 aromatic heterocycles. The highest BCUT2D eigenvalue weighted by Crippen LogP contribution is 2.65. The quantitative estimate of drug-likeness (QED) is 0.156. The second-order valence-corrected chi connectivity index (χ2v) is 16.5. The van der Waals surface area contributed by atoms with Gasteiger partial charge in [-0.1, -0.05) is 115 Å². The van der Waals surface area contributed by atoms with E-state index >= 15 is 26.3 Å². The van der Waals surface area contributed by atoms with Crippen LogP contribution in [0.15, 0.2) is 194 Å². The van der Waals surface area contributed by atoms with Crippen LogP contribution in [0.25, 0.3) is 33.0 Å². The smallest absolute Gasteiger partial charge is 0.310 e. The lowest BCUT2D eigenvalue weighted by molar-refractivity contribution is -0.137. The molecule has 0 fully saturated rings.